The van der Waals surface area contributed by atoms with Gasteiger partial charge in [0.2, 0.25) is 0 Å². The molecule has 1 aliphatic heterocycles. The smallest absolute Gasteiger partial charge is 0.404 e. The number of hydrogen-bond acceptors (Lipinski definition) is 3. The fraction of sp³-hybridized carbons (Fsp3) is 0.364. The van der Waals surface area contributed by atoms with Gasteiger partial charge in [0.05, 0.1) is 23.8 Å². The molecular weight excluding hydrogens is 224 g/mol. The van der Waals surface area contributed by atoms with Gasteiger partial charge in [0.15, 0.2) is 0 Å². The van der Waals surface area contributed by atoms with Crippen LogP contribution in [-0.4, -0.2) is 19.3 Å². The van der Waals surface area contributed by atoms with Gasteiger partial charge in [-0.25, -0.2) is 0 Å². The molecule has 0 amide bonds. The fourth-order valence-electron chi connectivity index (χ4n) is 1.58. The minimum Gasteiger partial charge on any atom is -0.404 e. The van der Waals surface area contributed by atoms with Gasteiger partial charge in [-0.2, -0.15) is 5.26 Å². The Labute approximate surface area is 100 Å². The van der Waals surface area contributed by atoms with Gasteiger partial charge in [-0.15, -0.1) is 0 Å². The van der Waals surface area contributed by atoms with Crippen LogP contribution in [0, 0.1) is 11.3 Å². The second-order valence-corrected chi connectivity index (χ2v) is 4.78. The van der Waals surface area contributed by atoms with Crippen LogP contribution in [0.5, 0.6) is 0 Å². The van der Waals surface area contributed by atoms with Crippen molar-refractivity contribution in [2.75, 3.05) is 6.61 Å². The van der Waals surface area contributed by atoms with E-state index in [0.29, 0.717) is 17.2 Å². The van der Waals surface area contributed by atoms with Crippen molar-refractivity contribution in [3.8, 4) is 6.07 Å². The van der Waals surface area contributed by atoms with E-state index in [1.807, 2.05) is 19.9 Å². The van der Waals surface area contributed by atoms with Gasteiger partial charge in [-0.3, -0.25) is 0 Å². The van der Waals surface area contributed by atoms with Gasteiger partial charge in [0.25, 0.3) is 0 Å². The summed E-state index contributed by atoms with van der Waals surface area (Å²) in [5.74, 6) is 0. The Morgan fingerprint density at radius 3 is 2.75 bits per heavy atom. The van der Waals surface area contributed by atoms with E-state index in [-0.39, 0.29) is 5.60 Å². The van der Waals surface area contributed by atoms with E-state index >= 15 is 0 Å². The monoisotopic (exact) mass is 235 g/mol. The minimum absolute atomic E-state index is 0.290. The van der Waals surface area contributed by atoms with Crippen molar-refractivity contribution in [1.82, 2.24) is 0 Å². The second kappa shape index (κ2) is 4.10. The van der Waals surface area contributed by atoms with Crippen LogP contribution in [0.1, 0.15) is 19.4 Å². The first-order valence-corrected chi connectivity index (χ1v) is 5.39. The van der Waals surface area contributed by atoms with Gasteiger partial charge in [0, 0.05) is 10.5 Å². The summed E-state index contributed by atoms with van der Waals surface area (Å²) in [7, 11) is -0.435. The van der Waals surface area contributed by atoms with Crippen molar-refractivity contribution in [3.05, 3.63) is 28.8 Å². The second-order valence-electron chi connectivity index (χ2n) is 4.37. The summed E-state index contributed by atoms with van der Waals surface area (Å²) in [5.41, 5.74) is 1.01. The van der Waals surface area contributed by atoms with E-state index in [4.69, 9.17) is 26.2 Å². The topological polar surface area (TPSA) is 42.2 Å². The van der Waals surface area contributed by atoms with E-state index in [1.54, 1.807) is 18.2 Å². The maximum Gasteiger partial charge on any atom is 0.495 e. The zero-order valence-electron chi connectivity index (χ0n) is 9.16. The van der Waals surface area contributed by atoms with Crippen molar-refractivity contribution in [1.29, 1.82) is 5.26 Å². The maximum atomic E-state index is 8.73. The fourth-order valence-corrected chi connectivity index (χ4v) is 1.84. The molecular formula is C11H11BClNO2. The number of hydrogen-bond donors (Lipinski definition) is 0. The molecule has 0 bridgehead atoms. The Kier molecular flexibility index (Phi) is 2.94. The Hall–Kier alpha value is -1.02. The van der Waals surface area contributed by atoms with E-state index in [0.717, 1.165) is 5.46 Å². The van der Waals surface area contributed by atoms with Crippen LogP contribution in [0.4, 0.5) is 0 Å². The molecule has 0 unspecified atom stereocenters. The molecule has 0 N–H and O–H groups in total. The van der Waals surface area contributed by atoms with Crippen LogP contribution in [0.15, 0.2) is 18.2 Å². The number of rotatable bonds is 1. The normalized spacial score (nSPS) is 18.5. The lowest BCUT2D eigenvalue weighted by Crippen LogP contribution is -2.35. The molecule has 0 aliphatic carbocycles. The number of halogens is 1. The van der Waals surface area contributed by atoms with Crippen molar-refractivity contribution < 1.29 is 9.31 Å². The summed E-state index contributed by atoms with van der Waals surface area (Å²) in [6, 6.07) is 7.13. The van der Waals surface area contributed by atoms with E-state index < -0.39 is 7.12 Å². The quantitative estimate of drug-likeness (QED) is 0.696. The summed E-state index contributed by atoms with van der Waals surface area (Å²) < 4.78 is 11.2. The van der Waals surface area contributed by atoms with E-state index in [9.17, 15) is 0 Å². The molecule has 0 radical (unpaired) electrons. The summed E-state index contributed by atoms with van der Waals surface area (Å²) in [5, 5.41) is 9.23. The predicted octanol–water partition coefficient (Wildman–Crippen LogP) is 1.73. The number of nitriles is 1. The average molecular weight is 235 g/mol. The van der Waals surface area contributed by atoms with Crippen LogP contribution < -0.4 is 5.46 Å². The average Bonchev–Trinajstić information content (AvgIpc) is 2.58. The Morgan fingerprint density at radius 1 is 1.50 bits per heavy atom. The molecule has 1 aliphatic rings. The minimum atomic E-state index is -0.435. The van der Waals surface area contributed by atoms with Crippen LogP contribution in [-0.2, 0) is 9.31 Å². The van der Waals surface area contributed by atoms with Crippen molar-refractivity contribution >= 4 is 24.2 Å². The van der Waals surface area contributed by atoms with Crippen LogP contribution in [0.25, 0.3) is 0 Å². The Morgan fingerprint density at radius 2 is 2.25 bits per heavy atom. The highest BCUT2D eigenvalue weighted by Gasteiger charge is 2.39. The highest BCUT2D eigenvalue weighted by molar-refractivity contribution is 6.65. The first kappa shape index (κ1) is 11.5. The van der Waals surface area contributed by atoms with Gasteiger partial charge in [-0.1, -0.05) is 17.7 Å². The molecule has 1 heterocycles. The Balaban J connectivity index is 2.26. The van der Waals surface area contributed by atoms with E-state index in [1.165, 1.54) is 0 Å². The molecule has 1 aromatic carbocycles. The largest absolute Gasteiger partial charge is 0.495 e. The third-order valence-corrected chi connectivity index (χ3v) is 2.72. The highest BCUT2D eigenvalue weighted by atomic mass is 35.5. The molecule has 16 heavy (non-hydrogen) atoms. The van der Waals surface area contributed by atoms with Gasteiger partial charge in [0.1, 0.15) is 0 Å². The zero-order valence-corrected chi connectivity index (χ0v) is 9.91. The summed E-state index contributed by atoms with van der Waals surface area (Å²) in [6.07, 6.45) is 0. The summed E-state index contributed by atoms with van der Waals surface area (Å²) in [6.45, 7) is 4.46. The lowest BCUT2D eigenvalue weighted by molar-refractivity contribution is 0.137. The molecule has 5 heteroatoms. The lowest BCUT2D eigenvalue weighted by Gasteiger charge is -2.15. The molecule has 0 aromatic heterocycles. The molecule has 0 atom stereocenters. The number of benzene rings is 1. The predicted molar refractivity (Wildman–Crippen MR) is 62.7 cm³/mol. The summed E-state index contributed by atoms with van der Waals surface area (Å²) in [4.78, 5) is 0. The first-order chi connectivity index (χ1) is 7.52. The lowest BCUT2D eigenvalue weighted by atomic mass is 9.79. The van der Waals surface area contributed by atoms with Crippen LogP contribution in [0.3, 0.4) is 0 Å². The van der Waals surface area contributed by atoms with E-state index in [2.05, 4.69) is 0 Å². The third kappa shape index (κ3) is 2.22. The first-order valence-electron chi connectivity index (χ1n) is 5.01. The van der Waals surface area contributed by atoms with Gasteiger partial charge < -0.3 is 9.31 Å². The summed E-state index contributed by atoms with van der Waals surface area (Å²) >= 11 is 6.07. The zero-order chi connectivity index (χ0) is 11.8. The van der Waals surface area contributed by atoms with Crippen molar-refractivity contribution in [3.63, 3.8) is 0 Å². The SMILES string of the molecule is CC1(C)COB(c2ccc(C#N)cc2Cl)O1. The van der Waals surface area contributed by atoms with Crippen LogP contribution >= 0.6 is 11.6 Å². The molecule has 2 rings (SSSR count). The highest BCUT2D eigenvalue weighted by Crippen LogP contribution is 2.21. The van der Waals surface area contributed by atoms with Crippen molar-refractivity contribution in [2.45, 2.75) is 19.4 Å². The number of nitrogens with zero attached hydrogens (tertiary/aromatic N) is 1. The van der Waals surface area contributed by atoms with Crippen LogP contribution in [0.2, 0.25) is 5.02 Å². The Bertz CT molecular complexity index is 456. The molecule has 3 nitrogen and oxygen atoms in total. The molecule has 82 valence electrons. The molecule has 0 saturated carbocycles. The molecule has 0 spiro atoms. The van der Waals surface area contributed by atoms with Crippen molar-refractivity contribution in [2.24, 2.45) is 0 Å². The molecule has 1 fully saturated rings. The van der Waals surface area contributed by atoms with Gasteiger partial charge >= 0.3 is 7.12 Å². The van der Waals surface area contributed by atoms with Gasteiger partial charge in [-0.05, 0) is 26.0 Å². The third-order valence-electron chi connectivity index (χ3n) is 2.39. The molecule has 1 aromatic rings. The standard InChI is InChI=1S/C11H11BClNO2/c1-11(2)7-15-12(16-11)9-4-3-8(6-14)5-10(9)13/h3-5H,7H2,1-2H3. The maximum absolute atomic E-state index is 8.73. The molecule has 1 saturated heterocycles.